The van der Waals surface area contributed by atoms with Gasteiger partial charge in [-0.25, -0.2) is 0 Å². The van der Waals surface area contributed by atoms with E-state index < -0.39 is 0 Å². The minimum absolute atomic E-state index is 0.409. The summed E-state index contributed by atoms with van der Waals surface area (Å²) in [5, 5.41) is 3.39. The molecule has 0 aromatic heterocycles. The van der Waals surface area contributed by atoms with Crippen molar-refractivity contribution in [2.24, 2.45) is 5.92 Å². The molecule has 0 saturated carbocycles. The van der Waals surface area contributed by atoms with Crippen LogP contribution in [-0.4, -0.2) is 20.8 Å². The maximum absolute atomic E-state index is 5.13. The van der Waals surface area contributed by atoms with Gasteiger partial charge in [0.1, 0.15) is 0 Å². The summed E-state index contributed by atoms with van der Waals surface area (Å²) in [6.07, 6.45) is 1.08. The number of methoxy groups -OCH3 is 1. The van der Waals surface area contributed by atoms with Gasteiger partial charge in [-0.05, 0) is 59.7 Å². The van der Waals surface area contributed by atoms with Crippen molar-refractivity contribution in [1.82, 2.24) is 5.32 Å². The molecule has 0 bridgehead atoms. The summed E-state index contributed by atoms with van der Waals surface area (Å²) in [4.78, 5) is 0. The van der Waals surface area contributed by atoms with Crippen molar-refractivity contribution in [2.75, 3.05) is 20.8 Å². The first kappa shape index (κ1) is 13.9. The van der Waals surface area contributed by atoms with Crippen LogP contribution in [0.5, 0.6) is 0 Å². The molecule has 0 aliphatic carbocycles. The van der Waals surface area contributed by atoms with Crippen LogP contribution in [0.3, 0.4) is 0 Å². The van der Waals surface area contributed by atoms with E-state index in [0.29, 0.717) is 12.0 Å². The summed E-state index contributed by atoms with van der Waals surface area (Å²) in [5.74, 6) is 0.574. The first-order chi connectivity index (χ1) is 7.69. The summed E-state index contributed by atoms with van der Waals surface area (Å²) in [6, 6.07) is 9.12. The first-order valence-electron chi connectivity index (χ1n) is 5.60. The predicted molar refractivity (Wildman–Crippen MR) is 76.6 cm³/mol. The van der Waals surface area contributed by atoms with Crippen LogP contribution in [0.15, 0.2) is 24.3 Å². The molecule has 0 aliphatic rings. The van der Waals surface area contributed by atoms with Gasteiger partial charge < -0.3 is 10.1 Å². The molecule has 0 heterocycles. The minimum Gasteiger partial charge on any atom is -0.385 e. The Kier molecular flexibility index (Phi) is 6.31. The lowest BCUT2D eigenvalue weighted by Gasteiger charge is -2.24. The van der Waals surface area contributed by atoms with E-state index in [4.69, 9.17) is 4.74 Å². The molecule has 0 radical (unpaired) electrons. The summed E-state index contributed by atoms with van der Waals surface area (Å²) >= 11 is 2.33. The fraction of sp³-hybridized carbons (Fsp3) is 0.538. The fourth-order valence-electron chi connectivity index (χ4n) is 1.92. The highest BCUT2D eigenvalue weighted by Gasteiger charge is 2.16. The SMILES string of the molecule is CNC(c1ccc(I)cc1)C(C)CCOC. The van der Waals surface area contributed by atoms with Crippen LogP contribution >= 0.6 is 22.6 Å². The minimum atomic E-state index is 0.409. The van der Waals surface area contributed by atoms with Gasteiger partial charge in [0.05, 0.1) is 0 Å². The molecule has 0 aliphatic heterocycles. The Bertz CT molecular complexity index is 299. The van der Waals surface area contributed by atoms with Gasteiger partial charge in [-0.3, -0.25) is 0 Å². The highest BCUT2D eigenvalue weighted by atomic mass is 127. The largest absolute Gasteiger partial charge is 0.385 e. The zero-order valence-electron chi connectivity index (χ0n) is 10.2. The van der Waals surface area contributed by atoms with Gasteiger partial charge >= 0.3 is 0 Å². The Morgan fingerprint density at radius 2 is 1.94 bits per heavy atom. The predicted octanol–water partition coefficient (Wildman–Crippen LogP) is 3.22. The van der Waals surface area contributed by atoms with Crippen LogP contribution in [0.4, 0.5) is 0 Å². The van der Waals surface area contributed by atoms with Gasteiger partial charge in [0, 0.05) is 23.3 Å². The quantitative estimate of drug-likeness (QED) is 0.807. The number of halogens is 1. The van der Waals surface area contributed by atoms with Crippen molar-refractivity contribution in [3.8, 4) is 0 Å². The van der Waals surface area contributed by atoms with Gasteiger partial charge in [0.2, 0.25) is 0 Å². The maximum atomic E-state index is 5.13. The normalized spacial score (nSPS) is 14.8. The molecule has 90 valence electrons. The van der Waals surface area contributed by atoms with Crippen molar-refractivity contribution in [3.05, 3.63) is 33.4 Å². The van der Waals surface area contributed by atoms with Gasteiger partial charge in [0.25, 0.3) is 0 Å². The van der Waals surface area contributed by atoms with E-state index in [-0.39, 0.29) is 0 Å². The Balaban J connectivity index is 2.69. The van der Waals surface area contributed by atoms with Crippen LogP contribution in [0.2, 0.25) is 0 Å². The third kappa shape index (κ3) is 4.03. The molecule has 1 aromatic carbocycles. The average Bonchev–Trinajstić information content (AvgIpc) is 2.30. The van der Waals surface area contributed by atoms with Crippen molar-refractivity contribution >= 4 is 22.6 Å². The Hall–Kier alpha value is -0.130. The van der Waals surface area contributed by atoms with E-state index in [1.807, 2.05) is 7.05 Å². The molecule has 1 rings (SSSR count). The van der Waals surface area contributed by atoms with E-state index in [0.717, 1.165) is 13.0 Å². The van der Waals surface area contributed by atoms with Crippen LogP contribution in [0, 0.1) is 9.49 Å². The molecule has 0 saturated heterocycles. The van der Waals surface area contributed by atoms with E-state index in [1.54, 1.807) is 7.11 Å². The van der Waals surface area contributed by atoms with Gasteiger partial charge in [-0.15, -0.1) is 0 Å². The Labute approximate surface area is 112 Å². The third-order valence-electron chi connectivity index (χ3n) is 2.89. The van der Waals surface area contributed by atoms with Crippen LogP contribution in [0.1, 0.15) is 24.9 Å². The number of ether oxygens (including phenoxy) is 1. The highest BCUT2D eigenvalue weighted by Crippen LogP contribution is 2.24. The molecule has 3 heteroatoms. The summed E-state index contributed by atoms with van der Waals surface area (Å²) in [5.41, 5.74) is 1.35. The second-order valence-electron chi connectivity index (χ2n) is 4.08. The van der Waals surface area contributed by atoms with Crippen LogP contribution < -0.4 is 5.32 Å². The van der Waals surface area contributed by atoms with Crippen LogP contribution in [0.25, 0.3) is 0 Å². The molecular weight excluding hydrogens is 313 g/mol. The second kappa shape index (κ2) is 7.25. The molecule has 2 nitrogen and oxygen atoms in total. The zero-order valence-corrected chi connectivity index (χ0v) is 12.3. The van der Waals surface area contributed by atoms with Crippen molar-refractivity contribution in [2.45, 2.75) is 19.4 Å². The van der Waals surface area contributed by atoms with Crippen LogP contribution in [-0.2, 0) is 4.74 Å². The Morgan fingerprint density at radius 1 is 1.31 bits per heavy atom. The molecule has 0 amide bonds. The fourth-order valence-corrected chi connectivity index (χ4v) is 2.28. The monoisotopic (exact) mass is 333 g/mol. The van der Waals surface area contributed by atoms with Crippen molar-refractivity contribution < 1.29 is 4.74 Å². The van der Waals surface area contributed by atoms with E-state index in [1.165, 1.54) is 9.13 Å². The van der Waals surface area contributed by atoms with Crippen molar-refractivity contribution in [3.63, 3.8) is 0 Å². The summed E-state index contributed by atoms with van der Waals surface area (Å²) in [6.45, 7) is 3.09. The lowest BCUT2D eigenvalue weighted by atomic mass is 9.92. The van der Waals surface area contributed by atoms with E-state index in [2.05, 4.69) is 59.1 Å². The number of nitrogens with one attached hydrogen (secondary N) is 1. The molecule has 2 unspecified atom stereocenters. The van der Waals surface area contributed by atoms with Gasteiger partial charge in [-0.1, -0.05) is 19.1 Å². The standard InChI is InChI=1S/C13H20INO/c1-10(8-9-16-3)13(15-2)11-4-6-12(14)7-5-11/h4-7,10,13,15H,8-9H2,1-3H3. The van der Waals surface area contributed by atoms with Gasteiger partial charge in [0.15, 0.2) is 0 Å². The van der Waals surface area contributed by atoms with Gasteiger partial charge in [-0.2, -0.15) is 0 Å². The summed E-state index contributed by atoms with van der Waals surface area (Å²) < 4.78 is 6.41. The molecule has 2 atom stereocenters. The average molecular weight is 333 g/mol. The van der Waals surface area contributed by atoms with E-state index >= 15 is 0 Å². The molecule has 0 spiro atoms. The highest BCUT2D eigenvalue weighted by molar-refractivity contribution is 14.1. The molecule has 1 N–H and O–H groups in total. The maximum Gasteiger partial charge on any atom is 0.0465 e. The number of rotatable bonds is 6. The molecule has 1 aromatic rings. The lowest BCUT2D eigenvalue weighted by Crippen LogP contribution is -2.24. The lowest BCUT2D eigenvalue weighted by molar-refractivity contribution is 0.171. The Morgan fingerprint density at radius 3 is 2.44 bits per heavy atom. The number of hydrogen-bond donors (Lipinski definition) is 1. The summed E-state index contributed by atoms with van der Waals surface area (Å²) in [7, 11) is 3.78. The third-order valence-corrected chi connectivity index (χ3v) is 3.61. The van der Waals surface area contributed by atoms with E-state index in [9.17, 15) is 0 Å². The second-order valence-corrected chi connectivity index (χ2v) is 5.32. The molecule has 16 heavy (non-hydrogen) atoms. The smallest absolute Gasteiger partial charge is 0.0465 e. The number of benzene rings is 1. The topological polar surface area (TPSA) is 21.3 Å². The molecule has 0 fully saturated rings. The molecular formula is C13H20INO. The first-order valence-corrected chi connectivity index (χ1v) is 6.68. The number of hydrogen-bond acceptors (Lipinski definition) is 2. The van der Waals surface area contributed by atoms with Crippen molar-refractivity contribution in [1.29, 1.82) is 0 Å². The zero-order chi connectivity index (χ0) is 12.0.